The Bertz CT molecular complexity index is 2070. The number of hydrogen-bond donors (Lipinski definition) is 0. The first kappa shape index (κ1) is 25.7. The van der Waals surface area contributed by atoms with Crippen molar-refractivity contribution in [1.29, 1.82) is 0 Å². The van der Waals surface area contributed by atoms with Crippen LogP contribution in [0.15, 0.2) is 107 Å². The number of allylic oxidation sites excluding steroid dienone is 3. The minimum atomic E-state index is -0.0375. The van der Waals surface area contributed by atoms with Gasteiger partial charge < -0.3 is 4.42 Å². The molecule has 0 bridgehead atoms. The fourth-order valence-corrected chi connectivity index (χ4v) is 5.98. The molecule has 1 atom stereocenters. The lowest BCUT2D eigenvalue weighted by molar-refractivity contribution is 0.565. The normalized spacial score (nSPS) is 16.3. The summed E-state index contributed by atoms with van der Waals surface area (Å²) in [5.41, 5.74) is 8.90. The Morgan fingerprint density at radius 3 is 2.48 bits per heavy atom. The molecule has 0 fully saturated rings. The number of furan rings is 1. The maximum absolute atomic E-state index is 6.49. The number of aromatic nitrogens is 4. The second-order valence-corrected chi connectivity index (χ2v) is 10.7. The van der Waals surface area contributed by atoms with Crippen molar-refractivity contribution in [1.82, 2.24) is 19.9 Å². The summed E-state index contributed by atoms with van der Waals surface area (Å²) in [6.07, 6.45) is 8.37. The number of hydrogen-bond acceptors (Lipinski definition) is 6. The van der Waals surface area contributed by atoms with Crippen LogP contribution in [0.1, 0.15) is 44.1 Å². The molecule has 6 heteroatoms. The molecule has 204 valence electrons. The van der Waals surface area contributed by atoms with Gasteiger partial charge >= 0.3 is 0 Å². The van der Waals surface area contributed by atoms with E-state index in [9.17, 15) is 0 Å². The number of rotatable bonds is 6. The van der Waals surface area contributed by atoms with Gasteiger partial charge in [-0.05, 0) is 84.8 Å². The van der Waals surface area contributed by atoms with Crippen LogP contribution in [-0.4, -0.2) is 26.7 Å². The van der Waals surface area contributed by atoms with E-state index in [0.29, 0.717) is 28.9 Å². The molecule has 0 radical (unpaired) electrons. The van der Waals surface area contributed by atoms with Gasteiger partial charge in [-0.1, -0.05) is 62.4 Å². The van der Waals surface area contributed by atoms with Gasteiger partial charge in [0.15, 0.2) is 17.5 Å². The summed E-state index contributed by atoms with van der Waals surface area (Å²) in [7, 11) is 0. The van der Waals surface area contributed by atoms with Gasteiger partial charge in [0.2, 0.25) is 0 Å². The summed E-state index contributed by atoms with van der Waals surface area (Å²) < 4.78 is 6.49. The lowest BCUT2D eigenvalue weighted by Crippen LogP contribution is -2.18. The third kappa shape index (κ3) is 3.98. The maximum atomic E-state index is 6.49. The van der Waals surface area contributed by atoms with Gasteiger partial charge in [-0.25, -0.2) is 15.0 Å². The van der Waals surface area contributed by atoms with Crippen molar-refractivity contribution >= 4 is 34.4 Å². The first-order valence-corrected chi connectivity index (χ1v) is 14.1. The Kier molecular flexibility index (Phi) is 6.12. The lowest BCUT2D eigenvalue weighted by atomic mass is 9.78. The van der Waals surface area contributed by atoms with Crippen LogP contribution in [0.3, 0.4) is 0 Å². The van der Waals surface area contributed by atoms with Gasteiger partial charge in [0, 0.05) is 27.9 Å². The predicted molar refractivity (Wildman–Crippen MR) is 170 cm³/mol. The Labute approximate surface area is 244 Å². The van der Waals surface area contributed by atoms with Gasteiger partial charge in [-0.15, -0.1) is 0 Å². The van der Waals surface area contributed by atoms with Crippen molar-refractivity contribution in [3.05, 3.63) is 114 Å². The minimum Gasteiger partial charge on any atom is -0.456 e. The van der Waals surface area contributed by atoms with Crippen molar-refractivity contribution in [2.24, 2.45) is 4.99 Å². The smallest absolute Gasteiger partial charge is 0.182 e. The summed E-state index contributed by atoms with van der Waals surface area (Å²) in [5, 5.41) is 2.17. The molecule has 3 heterocycles. The average Bonchev–Trinajstić information content (AvgIpc) is 3.52. The van der Waals surface area contributed by atoms with E-state index >= 15 is 0 Å². The SMILES string of the molecule is C=N/C(=C\C=C/C)c1nc(-c2ccc3c(c2)oc2cc4c(cc23)C(C)(CC)c2ccccc2-4)nc(-c2ccccn2)n1. The fraction of sp³-hybridized carbons (Fsp3) is 0.139. The highest BCUT2D eigenvalue weighted by atomic mass is 16.3. The summed E-state index contributed by atoms with van der Waals surface area (Å²) in [6, 6.07) is 25.1. The van der Waals surface area contributed by atoms with E-state index in [1.165, 1.54) is 22.3 Å². The van der Waals surface area contributed by atoms with E-state index in [2.05, 4.69) is 78.0 Å². The molecule has 6 aromatic rings. The van der Waals surface area contributed by atoms with Crippen molar-refractivity contribution in [2.45, 2.75) is 32.6 Å². The standard InChI is InChI=1S/C36H29N5O/c1-5-7-14-29(37-4)34-39-33(40-35(41-34)30-15-10-11-18-38-30)22-16-17-24-26-20-28-25(21-32(26)42-31(24)19-22)23-12-8-9-13-27(23)36(28,3)6-2/h5,7-21H,4,6H2,1-3H3/b7-5-,29-14-. The zero-order chi connectivity index (χ0) is 28.8. The van der Waals surface area contributed by atoms with Crippen LogP contribution < -0.4 is 0 Å². The minimum absolute atomic E-state index is 0.0375. The van der Waals surface area contributed by atoms with Crippen molar-refractivity contribution < 1.29 is 4.42 Å². The van der Waals surface area contributed by atoms with E-state index in [1.54, 1.807) is 6.20 Å². The topological polar surface area (TPSA) is 77.1 Å². The molecule has 1 unspecified atom stereocenters. The van der Waals surface area contributed by atoms with Crippen LogP contribution in [-0.2, 0) is 5.41 Å². The van der Waals surface area contributed by atoms with E-state index in [0.717, 1.165) is 33.9 Å². The second-order valence-electron chi connectivity index (χ2n) is 10.7. The molecule has 42 heavy (non-hydrogen) atoms. The molecule has 7 rings (SSSR count). The highest BCUT2D eigenvalue weighted by Crippen LogP contribution is 2.52. The van der Waals surface area contributed by atoms with E-state index in [4.69, 9.17) is 14.4 Å². The Morgan fingerprint density at radius 2 is 1.69 bits per heavy atom. The van der Waals surface area contributed by atoms with Crippen LogP contribution in [0.2, 0.25) is 0 Å². The summed E-state index contributed by atoms with van der Waals surface area (Å²) in [5.74, 6) is 1.39. The van der Waals surface area contributed by atoms with E-state index < -0.39 is 0 Å². The predicted octanol–water partition coefficient (Wildman–Crippen LogP) is 8.81. The summed E-state index contributed by atoms with van der Waals surface area (Å²) in [4.78, 5) is 22.9. The van der Waals surface area contributed by atoms with Crippen LogP contribution in [0, 0.1) is 0 Å². The number of nitrogens with zero attached hydrogens (tertiary/aromatic N) is 5. The van der Waals surface area contributed by atoms with Crippen LogP contribution >= 0.6 is 0 Å². The molecule has 3 aromatic carbocycles. The Hall–Kier alpha value is -5.23. The Morgan fingerprint density at radius 1 is 0.881 bits per heavy atom. The maximum Gasteiger partial charge on any atom is 0.182 e. The highest BCUT2D eigenvalue weighted by Gasteiger charge is 2.38. The van der Waals surface area contributed by atoms with E-state index in [1.807, 2.05) is 55.5 Å². The van der Waals surface area contributed by atoms with Crippen molar-refractivity contribution in [2.75, 3.05) is 0 Å². The van der Waals surface area contributed by atoms with Gasteiger partial charge in [0.25, 0.3) is 0 Å². The first-order valence-electron chi connectivity index (χ1n) is 14.1. The van der Waals surface area contributed by atoms with Gasteiger partial charge in [0.1, 0.15) is 22.6 Å². The summed E-state index contributed by atoms with van der Waals surface area (Å²) >= 11 is 0. The number of pyridine rings is 1. The zero-order valence-electron chi connectivity index (χ0n) is 23.8. The zero-order valence-corrected chi connectivity index (χ0v) is 23.8. The van der Waals surface area contributed by atoms with Crippen LogP contribution in [0.5, 0.6) is 0 Å². The molecule has 0 saturated carbocycles. The number of fused-ring (bicyclic) bond motifs is 6. The molecular formula is C36H29N5O. The van der Waals surface area contributed by atoms with Crippen LogP contribution in [0.25, 0.3) is 61.7 Å². The number of aliphatic imine (C=N–C) groups is 1. The molecular weight excluding hydrogens is 518 g/mol. The third-order valence-corrected chi connectivity index (χ3v) is 8.36. The molecule has 6 nitrogen and oxygen atoms in total. The molecule has 0 saturated heterocycles. The second kappa shape index (κ2) is 10.00. The monoisotopic (exact) mass is 547 g/mol. The lowest BCUT2D eigenvalue weighted by Gasteiger charge is -2.25. The van der Waals surface area contributed by atoms with Gasteiger partial charge in [-0.3, -0.25) is 9.98 Å². The first-order chi connectivity index (χ1) is 20.5. The molecule has 0 aliphatic heterocycles. The summed E-state index contributed by atoms with van der Waals surface area (Å²) in [6.45, 7) is 10.3. The van der Waals surface area contributed by atoms with Crippen molar-refractivity contribution in [3.63, 3.8) is 0 Å². The van der Waals surface area contributed by atoms with Crippen LogP contribution in [0.4, 0.5) is 0 Å². The molecule has 0 N–H and O–H groups in total. The van der Waals surface area contributed by atoms with E-state index in [-0.39, 0.29) is 5.41 Å². The fourth-order valence-electron chi connectivity index (χ4n) is 5.98. The Balaban J connectivity index is 1.40. The average molecular weight is 548 g/mol. The molecule has 1 aliphatic carbocycles. The third-order valence-electron chi connectivity index (χ3n) is 8.36. The molecule has 0 spiro atoms. The van der Waals surface area contributed by atoms with Crippen molar-refractivity contribution in [3.8, 4) is 34.0 Å². The van der Waals surface area contributed by atoms with Gasteiger partial charge in [-0.2, -0.15) is 0 Å². The molecule has 1 aliphatic rings. The van der Waals surface area contributed by atoms with Gasteiger partial charge in [0.05, 0.1) is 0 Å². The number of benzene rings is 3. The molecule has 0 amide bonds. The largest absolute Gasteiger partial charge is 0.456 e. The quantitative estimate of drug-likeness (QED) is 0.154. The highest BCUT2D eigenvalue weighted by molar-refractivity contribution is 6.08. The molecule has 3 aromatic heterocycles.